The molecular formula is C11H26. The lowest BCUT2D eigenvalue weighted by Crippen LogP contribution is -1.47. The van der Waals surface area contributed by atoms with Crippen LogP contribution in [0.4, 0.5) is 0 Å². The molecule has 1 aromatic carbocycles. The van der Waals surface area contributed by atoms with Gasteiger partial charge in [-0.3, -0.25) is 0 Å². The first kappa shape index (κ1) is 31.9. The van der Waals surface area contributed by atoms with Crippen molar-refractivity contribution in [1.82, 2.24) is 0 Å². The van der Waals surface area contributed by atoms with E-state index in [0.717, 1.165) is 0 Å². The second-order valence-corrected chi connectivity index (χ2v) is 1.15. The van der Waals surface area contributed by atoms with E-state index in [-0.39, 0.29) is 37.1 Å². The fraction of sp³-hybridized carbons (Fsp3) is 0.455. The summed E-state index contributed by atoms with van der Waals surface area (Å²) in [6.45, 7) is 0. The maximum atomic E-state index is 2.00. The first-order valence-electron chi connectivity index (χ1n) is 2.00. The molecule has 0 nitrogen and oxygen atoms in total. The summed E-state index contributed by atoms with van der Waals surface area (Å²) in [5.74, 6) is 0. The predicted octanol–water partition coefficient (Wildman–Crippen LogP) is 4.87. The van der Waals surface area contributed by atoms with Crippen molar-refractivity contribution in [2.24, 2.45) is 0 Å². The van der Waals surface area contributed by atoms with Crippen molar-refractivity contribution in [2.75, 3.05) is 0 Å². The molecule has 0 aromatic heterocycles. The van der Waals surface area contributed by atoms with E-state index >= 15 is 0 Å². The molecule has 11 heavy (non-hydrogen) atoms. The Balaban J connectivity index is -0.0000000240. The van der Waals surface area contributed by atoms with Gasteiger partial charge in [-0.25, -0.2) is 0 Å². The molecule has 0 saturated heterocycles. The molecule has 0 heteroatoms. The summed E-state index contributed by atoms with van der Waals surface area (Å²) >= 11 is 0. The van der Waals surface area contributed by atoms with Crippen molar-refractivity contribution in [3.63, 3.8) is 0 Å². The quantitative estimate of drug-likeness (QED) is 0.505. The van der Waals surface area contributed by atoms with E-state index in [1.807, 2.05) is 36.4 Å². The van der Waals surface area contributed by atoms with Crippen LogP contribution in [0.25, 0.3) is 0 Å². The first-order chi connectivity index (χ1) is 3.00. The number of hydrogen-bond acceptors (Lipinski definition) is 0. The molecule has 70 valence electrons. The Labute approximate surface area is 74.3 Å². The highest BCUT2D eigenvalue weighted by Crippen LogP contribution is 1.79. The van der Waals surface area contributed by atoms with Gasteiger partial charge in [0, 0.05) is 0 Å². The van der Waals surface area contributed by atoms with Crippen LogP contribution >= 0.6 is 0 Å². The summed E-state index contributed by atoms with van der Waals surface area (Å²) in [6.07, 6.45) is 0. The molecule has 0 spiro atoms. The molecule has 0 atom stereocenters. The standard InChI is InChI=1S/C6H6.5CH4/c1-2-4-6-5-3-1;;;;;/h1-6H;5*1H4. The molecule has 0 heterocycles. The Morgan fingerprint density at radius 3 is 0.455 bits per heavy atom. The van der Waals surface area contributed by atoms with Crippen molar-refractivity contribution in [1.29, 1.82) is 0 Å². The lowest BCUT2D eigenvalue weighted by atomic mass is 10.4. The maximum absolute atomic E-state index is 2.00. The monoisotopic (exact) mass is 158 g/mol. The molecule has 0 radical (unpaired) electrons. The van der Waals surface area contributed by atoms with Gasteiger partial charge in [0.1, 0.15) is 0 Å². The van der Waals surface area contributed by atoms with Crippen LogP contribution in [0.1, 0.15) is 37.1 Å². The lowest BCUT2D eigenvalue weighted by Gasteiger charge is -1.69. The van der Waals surface area contributed by atoms with Gasteiger partial charge in [-0.05, 0) is 0 Å². The molecule has 0 aliphatic heterocycles. The smallest absolute Gasteiger partial charge is 0.0623 e. The van der Waals surface area contributed by atoms with E-state index < -0.39 is 0 Å². The van der Waals surface area contributed by atoms with Crippen LogP contribution in [-0.2, 0) is 0 Å². The van der Waals surface area contributed by atoms with Gasteiger partial charge in [-0.15, -0.1) is 0 Å². The minimum atomic E-state index is 0. The SMILES string of the molecule is C.C.C.C.C.c1ccccc1. The molecule has 0 unspecified atom stereocenters. The van der Waals surface area contributed by atoms with Gasteiger partial charge in [-0.1, -0.05) is 73.5 Å². The second-order valence-electron chi connectivity index (χ2n) is 1.15. The molecule has 0 amide bonds. The van der Waals surface area contributed by atoms with Crippen molar-refractivity contribution in [3.8, 4) is 0 Å². The minimum absolute atomic E-state index is 0. The molecule has 0 bridgehead atoms. The van der Waals surface area contributed by atoms with Gasteiger partial charge in [0.25, 0.3) is 0 Å². The van der Waals surface area contributed by atoms with Gasteiger partial charge in [0.05, 0.1) is 0 Å². The number of hydrogen-bond donors (Lipinski definition) is 0. The van der Waals surface area contributed by atoms with Gasteiger partial charge in [0.2, 0.25) is 0 Å². The molecule has 1 aromatic rings. The summed E-state index contributed by atoms with van der Waals surface area (Å²) in [5, 5.41) is 0. The Kier molecular flexibility index (Phi) is 66.3. The summed E-state index contributed by atoms with van der Waals surface area (Å²) < 4.78 is 0. The Morgan fingerprint density at radius 1 is 0.273 bits per heavy atom. The molecule has 0 aliphatic carbocycles. The van der Waals surface area contributed by atoms with Crippen LogP contribution in [-0.4, -0.2) is 0 Å². The van der Waals surface area contributed by atoms with E-state index in [1.54, 1.807) is 0 Å². The third-order valence-corrected chi connectivity index (χ3v) is 0.667. The molecule has 1 rings (SSSR count). The van der Waals surface area contributed by atoms with E-state index in [9.17, 15) is 0 Å². The van der Waals surface area contributed by atoms with Crippen molar-refractivity contribution in [3.05, 3.63) is 36.4 Å². The Hall–Kier alpha value is -0.780. The van der Waals surface area contributed by atoms with Gasteiger partial charge < -0.3 is 0 Å². The van der Waals surface area contributed by atoms with Crippen LogP contribution in [0.2, 0.25) is 0 Å². The van der Waals surface area contributed by atoms with E-state index in [1.165, 1.54) is 0 Å². The van der Waals surface area contributed by atoms with Crippen LogP contribution in [0.3, 0.4) is 0 Å². The summed E-state index contributed by atoms with van der Waals surface area (Å²) in [4.78, 5) is 0. The second kappa shape index (κ2) is 22.9. The van der Waals surface area contributed by atoms with Crippen molar-refractivity contribution >= 4 is 0 Å². The van der Waals surface area contributed by atoms with E-state index in [0.29, 0.717) is 0 Å². The maximum Gasteiger partial charge on any atom is -0.0623 e. The first-order valence-corrected chi connectivity index (χ1v) is 2.00. The van der Waals surface area contributed by atoms with Crippen LogP contribution in [0.5, 0.6) is 0 Å². The largest absolute Gasteiger partial charge is 0.0776 e. The topological polar surface area (TPSA) is 0 Å². The number of rotatable bonds is 0. The fourth-order valence-corrected chi connectivity index (χ4v) is 0.385. The molecule has 0 N–H and O–H groups in total. The van der Waals surface area contributed by atoms with Crippen LogP contribution in [0, 0.1) is 0 Å². The van der Waals surface area contributed by atoms with Gasteiger partial charge in [-0.2, -0.15) is 0 Å². The Bertz CT molecular complexity index is 72.0. The molecule has 0 aliphatic rings. The summed E-state index contributed by atoms with van der Waals surface area (Å²) in [6, 6.07) is 12.0. The number of benzene rings is 1. The average Bonchev–Trinajstić information content (AvgIpc) is 1.72. The highest BCUT2D eigenvalue weighted by molar-refractivity contribution is 4.99. The average molecular weight is 158 g/mol. The third kappa shape index (κ3) is 17.6. The molecule has 0 fully saturated rings. The zero-order valence-electron chi connectivity index (χ0n) is 3.46. The van der Waals surface area contributed by atoms with Crippen LogP contribution < -0.4 is 0 Å². The lowest BCUT2D eigenvalue weighted by molar-refractivity contribution is 1.72. The zero-order valence-corrected chi connectivity index (χ0v) is 3.46. The van der Waals surface area contributed by atoms with E-state index in [4.69, 9.17) is 0 Å². The predicted molar refractivity (Wildman–Crippen MR) is 60.1 cm³/mol. The fourth-order valence-electron chi connectivity index (χ4n) is 0.385. The Morgan fingerprint density at radius 2 is 0.364 bits per heavy atom. The molecular weight excluding hydrogens is 132 g/mol. The summed E-state index contributed by atoms with van der Waals surface area (Å²) in [7, 11) is 0. The highest BCUT2D eigenvalue weighted by atomic mass is 13.6. The minimum Gasteiger partial charge on any atom is -0.0776 e. The highest BCUT2D eigenvalue weighted by Gasteiger charge is 1.57. The van der Waals surface area contributed by atoms with E-state index in [2.05, 4.69) is 0 Å². The van der Waals surface area contributed by atoms with Crippen molar-refractivity contribution < 1.29 is 0 Å². The zero-order chi connectivity index (χ0) is 4.24. The summed E-state index contributed by atoms with van der Waals surface area (Å²) in [5.41, 5.74) is 0. The third-order valence-electron chi connectivity index (χ3n) is 0.667. The van der Waals surface area contributed by atoms with Gasteiger partial charge in [0.15, 0.2) is 0 Å². The molecule has 0 saturated carbocycles. The van der Waals surface area contributed by atoms with Crippen molar-refractivity contribution in [2.45, 2.75) is 37.1 Å². The van der Waals surface area contributed by atoms with Gasteiger partial charge >= 0.3 is 0 Å². The normalized spacial score (nSPS) is 4.36. The van der Waals surface area contributed by atoms with Crippen LogP contribution in [0.15, 0.2) is 36.4 Å².